The Hall–Kier alpha value is -0.160. The molecule has 1 aliphatic heterocycles. The molecule has 1 fully saturated rings. The molecule has 2 atom stereocenters. The Labute approximate surface area is 99.0 Å². The van der Waals surface area contributed by atoms with E-state index in [9.17, 15) is 5.11 Å². The molecule has 1 saturated heterocycles. The molecule has 16 heavy (non-hydrogen) atoms. The summed E-state index contributed by atoms with van der Waals surface area (Å²) in [5, 5.41) is 13.1. The van der Waals surface area contributed by atoms with E-state index >= 15 is 0 Å². The first-order chi connectivity index (χ1) is 7.58. The molecule has 2 N–H and O–H groups in total. The van der Waals surface area contributed by atoms with Gasteiger partial charge in [0, 0.05) is 26.2 Å². The minimum absolute atomic E-state index is 0.274. The van der Waals surface area contributed by atoms with Gasteiger partial charge in [0.05, 0.1) is 18.8 Å². The van der Waals surface area contributed by atoms with Crippen molar-refractivity contribution in [1.82, 2.24) is 10.2 Å². The third kappa shape index (κ3) is 5.80. The van der Waals surface area contributed by atoms with Crippen LogP contribution < -0.4 is 5.32 Å². The molecule has 0 aliphatic carbocycles. The summed E-state index contributed by atoms with van der Waals surface area (Å²) in [4.78, 5) is 2.27. The van der Waals surface area contributed by atoms with Gasteiger partial charge in [0.2, 0.25) is 0 Å². The zero-order valence-corrected chi connectivity index (χ0v) is 10.8. The van der Waals surface area contributed by atoms with Crippen molar-refractivity contribution in [2.45, 2.75) is 33.0 Å². The van der Waals surface area contributed by atoms with Crippen LogP contribution in [0, 0.1) is 5.92 Å². The van der Waals surface area contributed by atoms with E-state index in [0.717, 1.165) is 32.8 Å². The maximum atomic E-state index is 9.86. The quantitative estimate of drug-likeness (QED) is 0.689. The van der Waals surface area contributed by atoms with Crippen LogP contribution in [0.2, 0.25) is 0 Å². The fourth-order valence-electron chi connectivity index (χ4n) is 1.96. The first-order valence-electron chi connectivity index (χ1n) is 6.30. The minimum Gasteiger partial charge on any atom is -0.390 e. The summed E-state index contributed by atoms with van der Waals surface area (Å²) < 4.78 is 5.46. The first-order valence-corrected chi connectivity index (χ1v) is 6.30. The van der Waals surface area contributed by atoms with Crippen molar-refractivity contribution in [3.05, 3.63) is 0 Å². The van der Waals surface area contributed by atoms with E-state index in [1.807, 2.05) is 0 Å². The third-order valence-electron chi connectivity index (χ3n) is 2.73. The molecule has 0 aromatic heterocycles. The lowest BCUT2D eigenvalue weighted by molar-refractivity contribution is -0.0313. The maximum absolute atomic E-state index is 9.86. The summed E-state index contributed by atoms with van der Waals surface area (Å²) >= 11 is 0. The fourth-order valence-corrected chi connectivity index (χ4v) is 1.96. The Bertz CT molecular complexity index is 188. The standard InChI is InChI=1S/C12H26N2O2/c1-10(2)6-13-7-12(15)9-14-4-5-16-11(3)8-14/h10-13,15H,4-9H2,1-3H3. The van der Waals surface area contributed by atoms with E-state index in [0.29, 0.717) is 18.6 Å². The molecule has 0 radical (unpaired) electrons. The molecular formula is C12H26N2O2. The largest absolute Gasteiger partial charge is 0.390 e. The molecule has 4 nitrogen and oxygen atoms in total. The van der Waals surface area contributed by atoms with Gasteiger partial charge in [-0.15, -0.1) is 0 Å². The molecule has 0 aromatic rings. The van der Waals surface area contributed by atoms with Gasteiger partial charge in [0.15, 0.2) is 0 Å². The van der Waals surface area contributed by atoms with E-state index in [2.05, 4.69) is 31.0 Å². The molecule has 96 valence electrons. The predicted molar refractivity (Wildman–Crippen MR) is 65.6 cm³/mol. The van der Waals surface area contributed by atoms with Crippen LogP contribution in [-0.2, 0) is 4.74 Å². The second kappa shape index (κ2) is 7.22. The second-order valence-corrected chi connectivity index (χ2v) is 5.15. The van der Waals surface area contributed by atoms with Crippen LogP contribution in [0.4, 0.5) is 0 Å². The summed E-state index contributed by atoms with van der Waals surface area (Å²) in [6, 6.07) is 0. The average molecular weight is 230 g/mol. The molecule has 1 aliphatic rings. The molecule has 4 heteroatoms. The average Bonchev–Trinajstić information content (AvgIpc) is 2.16. The van der Waals surface area contributed by atoms with E-state index in [1.54, 1.807) is 0 Å². The van der Waals surface area contributed by atoms with Gasteiger partial charge in [-0.25, -0.2) is 0 Å². The zero-order chi connectivity index (χ0) is 12.0. The van der Waals surface area contributed by atoms with Crippen molar-refractivity contribution in [3.8, 4) is 0 Å². The highest BCUT2D eigenvalue weighted by molar-refractivity contribution is 4.72. The molecular weight excluding hydrogens is 204 g/mol. The summed E-state index contributed by atoms with van der Waals surface area (Å²) in [5.41, 5.74) is 0. The normalized spacial score (nSPS) is 24.9. The van der Waals surface area contributed by atoms with Crippen LogP contribution in [0.3, 0.4) is 0 Å². The SMILES string of the molecule is CC(C)CNCC(O)CN1CCOC(C)C1. The van der Waals surface area contributed by atoms with Crippen LogP contribution in [0.15, 0.2) is 0 Å². The van der Waals surface area contributed by atoms with Crippen molar-refractivity contribution in [2.75, 3.05) is 39.3 Å². The van der Waals surface area contributed by atoms with E-state index < -0.39 is 0 Å². The van der Waals surface area contributed by atoms with Gasteiger partial charge in [0.25, 0.3) is 0 Å². The molecule has 0 spiro atoms. The number of aliphatic hydroxyl groups is 1. The summed E-state index contributed by atoms with van der Waals surface area (Å²) in [6.45, 7) is 11.5. The monoisotopic (exact) mass is 230 g/mol. The Morgan fingerprint density at radius 1 is 1.44 bits per heavy atom. The van der Waals surface area contributed by atoms with Crippen molar-refractivity contribution >= 4 is 0 Å². The van der Waals surface area contributed by atoms with E-state index in [1.165, 1.54) is 0 Å². The number of nitrogens with one attached hydrogen (secondary N) is 1. The number of hydrogen-bond donors (Lipinski definition) is 2. The van der Waals surface area contributed by atoms with Crippen LogP contribution in [-0.4, -0.2) is 61.5 Å². The topological polar surface area (TPSA) is 44.7 Å². The van der Waals surface area contributed by atoms with Crippen molar-refractivity contribution in [3.63, 3.8) is 0 Å². The Kier molecular flexibility index (Phi) is 6.28. The highest BCUT2D eigenvalue weighted by atomic mass is 16.5. The number of rotatable bonds is 6. The predicted octanol–water partition coefficient (Wildman–Crippen LogP) is 0.314. The third-order valence-corrected chi connectivity index (χ3v) is 2.73. The van der Waals surface area contributed by atoms with Gasteiger partial charge in [-0.2, -0.15) is 0 Å². The van der Waals surface area contributed by atoms with Gasteiger partial charge in [-0.05, 0) is 19.4 Å². The van der Waals surface area contributed by atoms with E-state index in [-0.39, 0.29) is 6.10 Å². The van der Waals surface area contributed by atoms with E-state index in [4.69, 9.17) is 4.74 Å². The molecule has 0 bridgehead atoms. The minimum atomic E-state index is -0.274. The highest BCUT2D eigenvalue weighted by Gasteiger charge is 2.18. The number of aliphatic hydroxyl groups excluding tert-OH is 1. The van der Waals surface area contributed by atoms with Crippen molar-refractivity contribution < 1.29 is 9.84 Å². The molecule has 2 unspecified atom stereocenters. The molecule has 0 amide bonds. The van der Waals surface area contributed by atoms with Gasteiger partial charge in [0.1, 0.15) is 0 Å². The highest BCUT2D eigenvalue weighted by Crippen LogP contribution is 2.04. The number of β-amino-alcohol motifs (C(OH)–C–C–N with tert-alkyl or cyclic N) is 1. The van der Waals surface area contributed by atoms with Gasteiger partial charge in [-0.3, -0.25) is 4.90 Å². The van der Waals surface area contributed by atoms with Crippen molar-refractivity contribution in [2.24, 2.45) is 5.92 Å². The van der Waals surface area contributed by atoms with Gasteiger partial charge in [-0.1, -0.05) is 13.8 Å². The van der Waals surface area contributed by atoms with Gasteiger partial charge >= 0.3 is 0 Å². The first kappa shape index (κ1) is 13.9. The summed E-state index contributed by atoms with van der Waals surface area (Å²) in [5.74, 6) is 0.635. The van der Waals surface area contributed by atoms with Crippen LogP contribution in [0.25, 0.3) is 0 Å². The van der Waals surface area contributed by atoms with Crippen LogP contribution in [0.1, 0.15) is 20.8 Å². The lowest BCUT2D eigenvalue weighted by atomic mass is 10.2. The summed E-state index contributed by atoms with van der Waals surface area (Å²) in [7, 11) is 0. The molecule has 0 aromatic carbocycles. The Morgan fingerprint density at radius 2 is 2.19 bits per heavy atom. The zero-order valence-electron chi connectivity index (χ0n) is 10.8. The fraction of sp³-hybridized carbons (Fsp3) is 1.00. The van der Waals surface area contributed by atoms with Gasteiger partial charge < -0.3 is 15.2 Å². The molecule has 1 rings (SSSR count). The number of hydrogen-bond acceptors (Lipinski definition) is 4. The van der Waals surface area contributed by atoms with Crippen molar-refractivity contribution in [1.29, 1.82) is 0 Å². The Morgan fingerprint density at radius 3 is 2.81 bits per heavy atom. The smallest absolute Gasteiger partial charge is 0.0791 e. The Balaban J connectivity index is 2.10. The number of morpholine rings is 1. The van der Waals surface area contributed by atoms with Crippen LogP contribution in [0.5, 0.6) is 0 Å². The number of ether oxygens (including phenoxy) is 1. The lowest BCUT2D eigenvalue weighted by Gasteiger charge is -2.32. The summed E-state index contributed by atoms with van der Waals surface area (Å²) in [6.07, 6.45) is 0.0219. The lowest BCUT2D eigenvalue weighted by Crippen LogP contribution is -2.46. The molecule has 0 saturated carbocycles. The molecule has 1 heterocycles. The maximum Gasteiger partial charge on any atom is 0.0791 e. The van der Waals surface area contributed by atoms with Crippen LogP contribution >= 0.6 is 0 Å². The second-order valence-electron chi connectivity index (χ2n) is 5.15. The number of nitrogens with zero attached hydrogens (tertiary/aromatic N) is 1.